The molecular formula is C35H33N3. The molecule has 0 bridgehead atoms. The highest BCUT2D eigenvalue weighted by Crippen LogP contribution is 2.45. The predicted octanol–water partition coefficient (Wildman–Crippen LogP) is 7.99. The first-order chi connectivity index (χ1) is 18.7. The lowest BCUT2D eigenvalue weighted by atomic mass is 9.87. The molecule has 0 amide bonds. The highest BCUT2D eigenvalue weighted by Gasteiger charge is 2.31. The molecule has 188 valence electrons. The predicted molar refractivity (Wildman–Crippen MR) is 161 cm³/mol. The molecule has 5 aromatic rings. The van der Waals surface area contributed by atoms with Crippen LogP contribution in [0.3, 0.4) is 0 Å². The minimum absolute atomic E-state index is 0.224. The van der Waals surface area contributed by atoms with E-state index < -0.39 is 0 Å². The third-order valence-electron chi connectivity index (χ3n) is 7.65. The summed E-state index contributed by atoms with van der Waals surface area (Å²) in [6.45, 7) is 6.34. The van der Waals surface area contributed by atoms with Crippen LogP contribution in [0, 0.1) is 0 Å². The van der Waals surface area contributed by atoms with E-state index in [1.165, 1.54) is 44.1 Å². The summed E-state index contributed by atoms with van der Waals surface area (Å²) in [5.41, 5.74) is 15.6. The van der Waals surface area contributed by atoms with Gasteiger partial charge in [0.2, 0.25) is 0 Å². The zero-order chi connectivity index (χ0) is 26.1. The van der Waals surface area contributed by atoms with Gasteiger partial charge in [0.1, 0.15) is 6.17 Å². The van der Waals surface area contributed by atoms with E-state index in [4.69, 9.17) is 5.73 Å². The Bertz CT molecular complexity index is 1690. The number of aromatic nitrogens is 1. The molecule has 0 fully saturated rings. The van der Waals surface area contributed by atoms with E-state index in [9.17, 15) is 0 Å². The van der Waals surface area contributed by atoms with Gasteiger partial charge in [-0.2, -0.15) is 0 Å². The zero-order valence-corrected chi connectivity index (χ0v) is 21.8. The van der Waals surface area contributed by atoms with E-state index in [0.29, 0.717) is 0 Å². The molecule has 2 unspecified atom stereocenters. The second kappa shape index (κ2) is 10.2. The normalized spacial score (nSPS) is 14.6. The molecule has 3 N–H and O–H groups in total. The van der Waals surface area contributed by atoms with Gasteiger partial charge in [-0.05, 0) is 59.4 Å². The van der Waals surface area contributed by atoms with Gasteiger partial charge in [0, 0.05) is 22.3 Å². The fourth-order valence-electron chi connectivity index (χ4n) is 5.92. The van der Waals surface area contributed by atoms with Crippen LogP contribution >= 0.6 is 0 Å². The zero-order valence-electron chi connectivity index (χ0n) is 21.8. The number of allylic oxidation sites excluding steroid dienone is 4. The third-order valence-corrected chi connectivity index (χ3v) is 7.65. The van der Waals surface area contributed by atoms with Crippen molar-refractivity contribution in [1.82, 2.24) is 9.88 Å². The average Bonchev–Trinajstić information content (AvgIpc) is 3.31. The lowest BCUT2D eigenvalue weighted by molar-refractivity contribution is 0.374. The summed E-state index contributed by atoms with van der Waals surface area (Å²) in [6, 6.07) is 32.1. The van der Waals surface area contributed by atoms with Crippen molar-refractivity contribution in [2.24, 2.45) is 5.73 Å². The molecule has 2 atom stereocenters. The van der Waals surface area contributed by atoms with Crippen LogP contribution in [-0.4, -0.2) is 4.57 Å². The Balaban J connectivity index is 1.63. The molecule has 38 heavy (non-hydrogen) atoms. The van der Waals surface area contributed by atoms with Gasteiger partial charge in [-0.25, -0.2) is 0 Å². The molecule has 0 spiro atoms. The number of rotatable bonds is 7. The molecule has 1 aromatic heterocycles. The third kappa shape index (κ3) is 4.15. The number of nitrogens with two attached hydrogens (primary N) is 1. The Hall–Kier alpha value is -4.34. The first-order valence-corrected chi connectivity index (χ1v) is 13.4. The molecule has 0 saturated heterocycles. The lowest BCUT2D eigenvalue weighted by Crippen LogP contribution is -2.36. The van der Waals surface area contributed by atoms with Gasteiger partial charge in [-0.3, -0.25) is 0 Å². The van der Waals surface area contributed by atoms with E-state index in [1.807, 2.05) is 37.3 Å². The van der Waals surface area contributed by atoms with Gasteiger partial charge in [0.15, 0.2) is 0 Å². The van der Waals surface area contributed by atoms with Crippen molar-refractivity contribution in [3.8, 4) is 11.1 Å². The van der Waals surface area contributed by atoms with Crippen LogP contribution in [0.15, 0.2) is 128 Å². The maximum Gasteiger partial charge on any atom is 0.123 e. The minimum atomic E-state index is -0.286. The number of aryl methyl sites for hydroxylation is 1. The molecule has 1 aliphatic rings. The largest absolute Gasteiger partial charge is 0.364 e. The number of fused-ring (bicyclic) bond motifs is 7. The summed E-state index contributed by atoms with van der Waals surface area (Å²) in [5.74, 6) is 0. The highest BCUT2D eigenvalue weighted by atomic mass is 15.2. The number of benzene rings is 4. The van der Waals surface area contributed by atoms with Crippen LogP contribution in [0.25, 0.3) is 32.8 Å². The van der Waals surface area contributed by atoms with Crippen molar-refractivity contribution in [2.75, 3.05) is 0 Å². The molecule has 1 aliphatic carbocycles. The molecule has 3 nitrogen and oxygen atoms in total. The van der Waals surface area contributed by atoms with Gasteiger partial charge in [0.25, 0.3) is 0 Å². The molecule has 0 saturated carbocycles. The van der Waals surface area contributed by atoms with E-state index >= 15 is 0 Å². The summed E-state index contributed by atoms with van der Waals surface area (Å²) in [5, 5.41) is 7.53. The molecule has 4 aromatic carbocycles. The number of hydrogen-bond acceptors (Lipinski definition) is 2. The van der Waals surface area contributed by atoms with Crippen molar-refractivity contribution < 1.29 is 0 Å². The van der Waals surface area contributed by atoms with Crippen molar-refractivity contribution in [1.29, 1.82) is 0 Å². The lowest BCUT2D eigenvalue weighted by Gasteiger charge is -2.31. The number of hydrogen-bond donors (Lipinski definition) is 2. The Kier molecular flexibility index (Phi) is 6.45. The molecule has 0 radical (unpaired) electrons. The van der Waals surface area contributed by atoms with E-state index in [0.717, 1.165) is 24.1 Å². The van der Waals surface area contributed by atoms with Gasteiger partial charge in [-0.1, -0.05) is 110 Å². The van der Waals surface area contributed by atoms with Gasteiger partial charge in [-0.15, -0.1) is 0 Å². The number of nitrogens with zero attached hydrogens (tertiary/aromatic N) is 1. The topological polar surface area (TPSA) is 43.0 Å². The molecule has 1 heterocycles. The Labute approximate surface area is 224 Å². The maximum absolute atomic E-state index is 7.10. The van der Waals surface area contributed by atoms with E-state index in [2.05, 4.69) is 101 Å². The van der Waals surface area contributed by atoms with Crippen molar-refractivity contribution >= 4 is 21.7 Å². The van der Waals surface area contributed by atoms with Crippen LogP contribution in [0.4, 0.5) is 0 Å². The fourth-order valence-corrected chi connectivity index (χ4v) is 5.92. The maximum atomic E-state index is 7.10. The SMILES string of the molecule is C=C(/C=C\C=C/C)NC(C(N)c1ccccc1)n1c2c(c3c4ccccc4ccc31)-c1ccccc1CC2. The molecule has 6 rings (SSSR count). The summed E-state index contributed by atoms with van der Waals surface area (Å²) < 4.78 is 2.46. The van der Waals surface area contributed by atoms with Crippen LogP contribution in [0.1, 0.15) is 36.0 Å². The average molecular weight is 496 g/mol. The van der Waals surface area contributed by atoms with Crippen LogP contribution in [0.5, 0.6) is 0 Å². The smallest absolute Gasteiger partial charge is 0.123 e. The summed E-state index contributed by atoms with van der Waals surface area (Å²) in [6.07, 6.45) is 9.77. The quantitative estimate of drug-likeness (QED) is 0.225. The molecule has 3 heteroatoms. The Morgan fingerprint density at radius 2 is 1.66 bits per heavy atom. The van der Waals surface area contributed by atoms with E-state index in [1.54, 1.807) is 0 Å². The first-order valence-electron chi connectivity index (χ1n) is 13.4. The summed E-state index contributed by atoms with van der Waals surface area (Å²) in [7, 11) is 0. The standard InChI is InChI=1S/C35H33N3/c1-3-4-6-13-24(2)37-35(34(36)27-16-7-5-8-17-27)38-30-22-20-25-14-9-11-18-28(25)32(30)33-29-19-12-10-15-26(29)21-23-31(33)38/h3-20,22,34-35,37H,2,21,23,36H2,1H3/b4-3-,13-6-. The number of nitrogens with one attached hydrogen (secondary N) is 1. The Morgan fingerprint density at radius 1 is 0.895 bits per heavy atom. The van der Waals surface area contributed by atoms with Gasteiger partial charge >= 0.3 is 0 Å². The van der Waals surface area contributed by atoms with Crippen molar-refractivity contribution in [3.05, 3.63) is 144 Å². The first kappa shape index (κ1) is 24.0. The second-order valence-electron chi connectivity index (χ2n) is 9.97. The fraction of sp³-hybridized carbons (Fsp3) is 0.143. The van der Waals surface area contributed by atoms with Crippen LogP contribution < -0.4 is 11.1 Å². The monoisotopic (exact) mass is 495 g/mol. The highest BCUT2D eigenvalue weighted by molar-refractivity contribution is 6.15. The van der Waals surface area contributed by atoms with E-state index in [-0.39, 0.29) is 12.2 Å². The van der Waals surface area contributed by atoms with Crippen molar-refractivity contribution in [3.63, 3.8) is 0 Å². The summed E-state index contributed by atoms with van der Waals surface area (Å²) >= 11 is 0. The van der Waals surface area contributed by atoms with Gasteiger partial charge in [0.05, 0.1) is 11.6 Å². The van der Waals surface area contributed by atoms with Crippen LogP contribution in [-0.2, 0) is 12.8 Å². The summed E-state index contributed by atoms with van der Waals surface area (Å²) in [4.78, 5) is 0. The second-order valence-corrected chi connectivity index (χ2v) is 9.97. The van der Waals surface area contributed by atoms with Gasteiger partial charge < -0.3 is 15.6 Å². The molecular weight excluding hydrogens is 462 g/mol. The molecule has 0 aliphatic heterocycles. The van der Waals surface area contributed by atoms with Crippen molar-refractivity contribution in [2.45, 2.75) is 32.0 Å². The minimum Gasteiger partial charge on any atom is -0.364 e. The van der Waals surface area contributed by atoms with Crippen LogP contribution in [0.2, 0.25) is 0 Å². The Morgan fingerprint density at radius 3 is 2.50 bits per heavy atom.